The zero-order valence-electron chi connectivity index (χ0n) is 13.5. The van der Waals surface area contributed by atoms with Crippen LogP contribution in [0, 0.1) is 5.82 Å². The van der Waals surface area contributed by atoms with E-state index in [-0.39, 0.29) is 22.3 Å². The van der Waals surface area contributed by atoms with Crippen LogP contribution in [0.25, 0.3) is 0 Å². The maximum atomic E-state index is 13.7. The van der Waals surface area contributed by atoms with Crippen LogP contribution in [0.1, 0.15) is 28.9 Å². The van der Waals surface area contributed by atoms with E-state index in [9.17, 15) is 17.6 Å². The molecule has 0 fully saturated rings. The highest BCUT2D eigenvalue weighted by Crippen LogP contribution is 2.20. The van der Waals surface area contributed by atoms with Crippen LogP contribution in [0.4, 0.5) is 4.39 Å². The summed E-state index contributed by atoms with van der Waals surface area (Å²) in [6.07, 6.45) is 1.13. The summed E-state index contributed by atoms with van der Waals surface area (Å²) in [7, 11) is -1.92. The standard InChI is InChI=1S/C17H18FNO4S/c1-11(12-4-7-14(8-5-12)24(3,21)22)19-17(20)13-6-9-16(23-2)15(18)10-13/h4-11H,1-3H3,(H,19,20)/t11-/m1/s1. The average Bonchev–Trinajstić information content (AvgIpc) is 2.54. The Kier molecular flexibility index (Phi) is 5.23. The number of hydrogen-bond donors (Lipinski definition) is 1. The lowest BCUT2D eigenvalue weighted by molar-refractivity contribution is 0.0939. The molecule has 0 aromatic heterocycles. The summed E-state index contributed by atoms with van der Waals surface area (Å²) >= 11 is 0. The highest BCUT2D eigenvalue weighted by atomic mass is 32.2. The van der Waals surface area contributed by atoms with Crippen LogP contribution in [0.2, 0.25) is 0 Å². The lowest BCUT2D eigenvalue weighted by atomic mass is 10.1. The Balaban J connectivity index is 2.12. The van der Waals surface area contributed by atoms with Gasteiger partial charge in [-0.15, -0.1) is 0 Å². The average molecular weight is 351 g/mol. The molecule has 0 saturated heterocycles. The number of hydrogen-bond acceptors (Lipinski definition) is 4. The molecule has 2 aromatic carbocycles. The highest BCUT2D eigenvalue weighted by Gasteiger charge is 2.14. The van der Waals surface area contributed by atoms with Crippen molar-refractivity contribution < 1.29 is 22.3 Å². The van der Waals surface area contributed by atoms with Gasteiger partial charge in [-0.1, -0.05) is 12.1 Å². The van der Waals surface area contributed by atoms with E-state index < -0.39 is 21.6 Å². The first-order chi connectivity index (χ1) is 11.2. The maximum Gasteiger partial charge on any atom is 0.251 e. The van der Waals surface area contributed by atoms with Gasteiger partial charge in [0.1, 0.15) is 0 Å². The van der Waals surface area contributed by atoms with Crippen LogP contribution in [-0.2, 0) is 9.84 Å². The van der Waals surface area contributed by atoms with E-state index in [0.717, 1.165) is 17.9 Å². The molecule has 0 aliphatic carbocycles. The molecular formula is C17H18FNO4S. The third-order valence-corrected chi connectivity index (χ3v) is 4.70. The Bertz CT molecular complexity index is 847. The van der Waals surface area contributed by atoms with E-state index in [0.29, 0.717) is 0 Å². The number of sulfone groups is 1. The summed E-state index contributed by atoms with van der Waals surface area (Å²) in [5.74, 6) is -0.984. The number of carbonyl (C=O) groups excluding carboxylic acids is 1. The molecule has 0 saturated carbocycles. The fraction of sp³-hybridized carbons (Fsp3) is 0.235. The molecule has 0 aliphatic rings. The van der Waals surface area contributed by atoms with Gasteiger partial charge in [-0.3, -0.25) is 4.79 Å². The molecule has 24 heavy (non-hydrogen) atoms. The number of amides is 1. The third-order valence-electron chi connectivity index (χ3n) is 3.57. The van der Waals surface area contributed by atoms with Gasteiger partial charge in [0.15, 0.2) is 21.4 Å². The minimum atomic E-state index is -3.26. The lowest BCUT2D eigenvalue weighted by Gasteiger charge is -2.15. The van der Waals surface area contributed by atoms with Crippen molar-refractivity contribution in [2.24, 2.45) is 0 Å². The maximum absolute atomic E-state index is 13.7. The van der Waals surface area contributed by atoms with Gasteiger partial charge in [-0.05, 0) is 42.8 Å². The zero-order chi connectivity index (χ0) is 17.9. The summed E-state index contributed by atoms with van der Waals surface area (Å²) < 4.78 is 41.4. The van der Waals surface area contributed by atoms with Crippen molar-refractivity contribution in [1.82, 2.24) is 5.32 Å². The predicted octanol–water partition coefficient (Wildman–Crippen LogP) is 2.73. The second-order valence-electron chi connectivity index (χ2n) is 5.39. The van der Waals surface area contributed by atoms with Crippen molar-refractivity contribution in [1.29, 1.82) is 0 Å². The molecular weight excluding hydrogens is 333 g/mol. The summed E-state index contributed by atoms with van der Waals surface area (Å²) in [5, 5.41) is 2.74. The van der Waals surface area contributed by atoms with Gasteiger partial charge in [0.05, 0.1) is 18.0 Å². The van der Waals surface area contributed by atoms with Gasteiger partial charge >= 0.3 is 0 Å². The second kappa shape index (κ2) is 7.00. The first-order valence-electron chi connectivity index (χ1n) is 7.17. The highest BCUT2D eigenvalue weighted by molar-refractivity contribution is 7.90. The van der Waals surface area contributed by atoms with Crippen LogP contribution < -0.4 is 10.1 Å². The van der Waals surface area contributed by atoms with Gasteiger partial charge in [0.25, 0.3) is 5.91 Å². The molecule has 1 atom stereocenters. The molecule has 0 bridgehead atoms. The Morgan fingerprint density at radius 1 is 1.17 bits per heavy atom. The summed E-state index contributed by atoms with van der Waals surface area (Å²) in [5.41, 5.74) is 0.914. The van der Waals surface area contributed by atoms with E-state index >= 15 is 0 Å². The molecule has 2 rings (SSSR count). The quantitative estimate of drug-likeness (QED) is 0.899. The van der Waals surface area contributed by atoms with Crippen molar-refractivity contribution in [3.63, 3.8) is 0 Å². The summed E-state index contributed by atoms with van der Waals surface area (Å²) in [4.78, 5) is 12.4. The van der Waals surface area contributed by atoms with Crippen LogP contribution in [0.3, 0.4) is 0 Å². The Morgan fingerprint density at radius 3 is 2.29 bits per heavy atom. The van der Waals surface area contributed by atoms with Crippen LogP contribution in [-0.4, -0.2) is 27.7 Å². The molecule has 0 radical (unpaired) electrons. The largest absolute Gasteiger partial charge is 0.494 e. The van der Waals surface area contributed by atoms with Crippen molar-refractivity contribution in [3.8, 4) is 5.75 Å². The molecule has 5 nitrogen and oxygen atoms in total. The molecule has 2 aromatic rings. The Hall–Kier alpha value is -2.41. The number of nitrogens with one attached hydrogen (secondary N) is 1. The molecule has 128 valence electrons. The van der Waals surface area contributed by atoms with Gasteiger partial charge in [0.2, 0.25) is 0 Å². The first-order valence-corrected chi connectivity index (χ1v) is 9.06. The number of rotatable bonds is 5. The smallest absolute Gasteiger partial charge is 0.251 e. The number of carbonyl (C=O) groups is 1. The molecule has 7 heteroatoms. The predicted molar refractivity (Wildman–Crippen MR) is 88.4 cm³/mol. The summed E-state index contributed by atoms with van der Waals surface area (Å²) in [6.45, 7) is 1.76. The van der Waals surface area contributed by atoms with Gasteiger partial charge < -0.3 is 10.1 Å². The van der Waals surface area contributed by atoms with Crippen LogP contribution in [0.15, 0.2) is 47.4 Å². The van der Waals surface area contributed by atoms with E-state index in [4.69, 9.17) is 4.74 Å². The molecule has 0 unspecified atom stereocenters. The molecule has 0 heterocycles. The fourth-order valence-electron chi connectivity index (χ4n) is 2.17. The lowest BCUT2D eigenvalue weighted by Crippen LogP contribution is -2.26. The van der Waals surface area contributed by atoms with Crippen molar-refractivity contribution >= 4 is 15.7 Å². The number of methoxy groups -OCH3 is 1. The fourth-order valence-corrected chi connectivity index (χ4v) is 2.81. The van der Waals surface area contributed by atoms with E-state index in [1.807, 2.05) is 0 Å². The van der Waals surface area contributed by atoms with Crippen LogP contribution in [0.5, 0.6) is 5.75 Å². The minimum Gasteiger partial charge on any atom is -0.494 e. The molecule has 0 spiro atoms. The molecule has 1 N–H and O–H groups in total. The normalized spacial score (nSPS) is 12.5. The summed E-state index contributed by atoms with van der Waals surface area (Å²) in [6, 6.07) is 9.84. The minimum absolute atomic E-state index is 0.0657. The monoisotopic (exact) mass is 351 g/mol. The number of benzene rings is 2. The van der Waals surface area contributed by atoms with Crippen molar-refractivity contribution in [2.75, 3.05) is 13.4 Å². The second-order valence-corrected chi connectivity index (χ2v) is 7.40. The van der Waals surface area contributed by atoms with Crippen molar-refractivity contribution in [2.45, 2.75) is 17.9 Å². The molecule has 0 aliphatic heterocycles. The SMILES string of the molecule is COc1ccc(C(=O)N[C@H](C)c2ccc(S(C)(=O)=O)cc2)cc1F. The molecule has 1 amide bonds. The topological polar surface area (TPSA) is 72.5 Å². The number of halogens is 1. The third kappa shape index (κ3) is 4.11. The van der Waals surface area contributed by atoms with E-state index in [1.54, 1.807) is 19.1 Å². The van der Waals surface area contributed by atoms with Gasteiger partial charge in [-0.2, -0.15) is 0 Å². The van der Waals surface area contributed by atoms with Gasteiger partial charge in [0, 0.05) is 11.8 Å². The van der Waals surface area contributed by atoms with E-state index in [2.05, 4.69) is 5.32 Å². The Morgan fingerprint density at radius 2 is 1.79 bits per heavy atom. The number of ether oxygens (including phenoxy) is 1. The van der Waals surface area contributed by atoms with E-state index in [1.165, 1.54) is 31.4 Å². The zero-order valence-corrected chi connectivity index (χ0v) is 14.4. The van der Waals surface area contributed by atoms with Gasteiger partial charge in [-0.25, -0.2) is 12.8 Å². The van der Waals surface area contributed by atoms with Crippen molar-refractivity contribution in [3.05, 3.63) is 59.4 Å². The Labute approximate surface area is 140 Å². The first kappa shape index (κ1) is 17.9. The van der Waals surface area contributed by atoms with Crippen LogP contribution >= 0.6 is 0 Å².